The first-order valence-corrected chi connectivity index (χ1v) is 7.36. The predicted octanol–water partition coefficient (Wildman–Crippen LogP) is 5.59. The number of hydrogen-bond acceptors (Lipinski definition) is 3. The van der Waals surface area contributed by atoms with Crippen LogP contribution >= 0.6 is 39.1 Å². The number of nitrogens with zero attached hydrogens (tertiary/aromatic N) is 1. The zero-order valence-corrected chi connectivity index (χ0v) is 13.1. The molecule has 20 heavy (non-hydrogen) atoms. The number of hydrogen-bond donors (Lipinski definition) is 0. The van der Waals surface area contributed by atoms with Gasteiger partial charge in [-0.15, -0.1) is 0 Å². The smallest absolute Gasteiger partial charge is 0.313 e. The fourth-order valence-electron chi connectivity index (χ4n) is 1.62. The maximum atomic E-state index is 11.0. The molecule has 2 rings (SSSR count). The topological polar surface area (TPSA) is 52.4 Å². The summed E-state index contributed by atoms with van der Waals surface area (Å²) in [7, 11) is 0. The summed E-state index contributed by atoms with van der Waals surface area (Å²) in [6.45, 7) is 0. The third-order valence-electron chi connectivity index (χ3n) is 2.54. The number of rotatable bonds is 4. The van der Waals surface area contributed by atoms with Gasteiger partial charge in [0.2, 0.25) is 5.75 Å². The van der Waals surface area contributed by atoms with Crippen LogP contribution in [0.2, 0.25) is 10.0 Å². The molecule has 4 nitrogen and oxygen atoms in total. The zero-order chi connectivity index (χ0) is 14.7. The second-order valence-electron chi connectivity index (χ2n) is 3.81. The molecule has 0 aliphatic heterocycles. The number of nitro benzene ring substituents is 1. The highest BCUT2D eigenvalue weighted by atomic mass is 79.9. The van der Waals surface area contributed by atoms with Gasteiger partial charge in [-0.3, -0.25) is 10.1 Å². The van der Waals surface area contributed by atoms with Gasteiger partial charge < -0.3 is 4.74 Å². The van der Waals surface area contributed by atoms with Crippen molar-refractivity contribution in [3.63, 3.8) is 0 Å². The number of benzene rings is 2. The summed E-state index contributed by atoms with van der Waals surface area (Å²) in [4.78, 5) is 10.5. The van der Waals surface area contributed by atoms with Crippen LogP contribution in [0.25, 0.3) is 0 Å². The minimum Gasteiger partial charge on any atom is -0.447 e. The maximum Gasteiger partial charge on any atom is 0.313 e. The number of alkyl halides is 1. The lowest BCUT2D eigenvalue weighted by molar-refractivity contribution is -0.385. The van der Waals surface area contributed by atoms with Gasteiger partial charge in [0.05, 0.1) is 15.0 Å². The summed E-state index contributed by atoms with van der Waals surface area (Å²) in [5, 5.41) is 12.0. The second kappa shape index (κ2) is 6.43. The first-order valence-electron chi connectivity index (χ1n) is 5.48. The minimum absolute atomic E-state index is 0.0190. The third-order valence-corrected chi connectivity index (χ3v) is 3.74. The fourth-order valence-corrected chi connectivity index (χ4v) is 2.50. The Bertz CT molecular complexity index is 664. The molecule has 7 heteroatoms. The average molecular weight is 377 g/mol. The van der Waals surface area contributed by atoms with Crippen LogP contribution < -0.4 is 4.74 Å². The van der Waals surface area contributed by atoms with Crippen molar-refractivity contribution in [2.75, 3.05) is 0 Å². The molecule has 0 N–H and O–H groups in total. The van der Waals surface area contributed by atoms with Crippen LogP contribution in [0.5, 0.6) is 11.5 Å². The molecule has 0 heterocycles. The van der Waals surface area contributed by atoms with Gasteiger partial charge in [0, 0.05) is 17.0 Å². The normalized spacial score (nSPS) is 10.3. The second-order valence-corrected chi connectivity index (χ2v) is 5.18. The van der Waals surface area contributed by atoms with E-state index in [0.717, 1.165) is 5.56 Å². The van der Waals surface area contributed by atoms with E-state index < -0.39 is 4.92 Å². The Hall–Kier alpha value is -1.30. The zero-order valence-electron chi connectivity index (χ0n) is 9.98. The predicted molar refractivity (Wildman–Crippen MR) is 82.3 cm³/mol. The van der Waals surface area contributed by atoms with Crippen LogP contribution in [0.3, 0.4) is 0 Å². The van der Waals surface area contributed by atoms with Crippen molar-refractivity contribution >= 4 is 44.8 Å². The maximum absolute atomic E-state index is 11.0. The molecule has 2 aromatic rings. The molecule has 0 atom stereocenters. The van der Waals surface area contributed by atoms with Crippen LogP contribution in [-0.2, 0) is 5.33 Å². The van der Waals surface area contributed by atoms with Crippen molar-refractivity contribution in [3.05, 3.63) is 62.1 Å². The van der Waals surface area contributed by atoms with Crippen molar-refractivity contribution < 1.29 is 9.66 Å². The highest BCUT2D eigenvalue weighted by molar-refractivity contribution is 9.08. The Morgan fingerprint density at radius 2 is 1.70 bits per heavy atom. The van der Waals surface area contributed by atoms with E-state index in [2.05, 4.69) is 15.9 Å². The van der Waals surface area contributed by atoms with Crippen LogP contribution in [-0.4, -0.2) is 4.92 Å². The molecule has 0 fully saturated rings. The van der Waals surface area contributed by atoms with E-state index in [-0.39, 0.29) is 16.5 Å². The molecule has 2 aromatic carbocycles. The summed E-state index contributed by atoms with van der Waals surface area (Å²) in [5.74, 6) is 0.330. The van der Waals surface area contributed by atoms with Gasteiger partial charge in [0.1, 0.15) is 0 Å². The van der Waals surface area contributed by atoms with Crippen LogP contribution in [0, 0.1) is 10.1 Å². The average Bonchev–Trinajstić information content (AvgIpc) is 2.42. The van der Waals surface area contributed by atoms with Crippen molar-refractivity contribution in [2.24, 2.45) is 0 Å². The number of halogens is 3. The Balaban J connectivity index is 2.53. The van der Waals surface area contributed by atoms with E-state index in [0.29, 0.717) is 16.1 Å². The lowest BCUT2D eigenvalue weighted by atomic mass is 10.2. The van der Waals surface area contributed by atoms with E-state index >= 15 is 0 Å². The first-order chi connectivity index (χ1) is 9.54. The lowest BCUT2D eigenvalue weighted by Crippen LogP contribution is -1.96. The van der Waals surface area contributed by atoms with Crippen LogP contribution in [0.15, 0.2) is 36.4 Å². The monoisotopic (exact) mass is 375 g/mol. The molecule has 0 radical (unpaired) electrons. The van der Waals surface area contributed by atoms with Gasteiger partial charge in [-0.1, -0.05) is 57.3 Å². The Labute approximate surface area is 133 Å². The van der Waals surface area contributed by atoms with E-state index in [1.165, 1.54) is 18.2 Å². The SMILES string of the molecule is O=[N+]([O-])c1cccc(Cl)c1Oc1c(Cl)cccc1CBr. The summed E-state index contributed by atoms with van der Waals surface area (Å²) in [6, 6.07) is 9.56. The molecule has 0 aromatic heterocycles. The Kier molecular flexibility index (Phi) is 4.86. The molecule has 0 bridgehead atoms. The van der Waals surface area contributed by atoms with Gasteiger partial charge in [-0.05, 0) is 12.1 Å². The quantitative estimate of drug-likeness (QED) is 0.397. The van der Waals surface area contributed by atoms with Crippen molar-refractivity contribution in [1.82, 2.24) is 0 Å². The van der Waals surface area contributed by atoms with Crippen molar-refractivity contribution in [3.8, 4) is 11.5 Å². The summed E-state index contributed by atoms with van der Waals surface area (Å²) in [6.07, 6.45) is 0. The molecule has 0 amide bonds. The van der Waals surface area contributed by atoms with Gasteiger partial charge in [-0.25, -0.2) is 0 Å². The molecule has 0 aliphatic carbocycles. The Morgan fingerprint density at radius 1 is 1.10 bits per heavy atom. The van der Waals surface area contributed by atoms with Crippen molar-refractivity contribution in [1.29, 1.82) is 0 Å². The minimum atomic E-state index is -0.550. The molecule has 0 unspecified atom stereocenters. The Morgan fingerprint density at radius 3 is 2.30 bits per heavy atom. The van der Waals surface area contributed by atoms with Crippen LogP contribution in [0.1, 0.15) is 5.56 Å². The number of nitro groups is 1. The summed E-state index contributed by atoms with van der Waals surface area (Å²) >= 11 is 15.4. The van der Waals surface area contributed by atoms with E-state index in [4.69, 9.17) is 27.9 Å². The standard InChI is InChI=1S/C13H8BrCl2NO3/c14-7-8-3-1-4-9(15)12(8)20-13-10(16)5-2-6-11(13)17(18)19/h1-6H,7H2. The van der Waals surface area contributed by atoms with Crippen molar-refractivity contribution in [2.45, 2.75) is 5.33 Å². The third kappa shape index (κ3) is 3.06. The molecule has 0 saturated heterocycles. The van der Waals surface area contributed by atoms with Gasteiger partial charge in [0.15, 0.2) is 5.75 Å². The van der Waals surface area contributed by atoms with E-state index in [1.807, 2.05) is 0 Å². The summed E-state index contributed by atoms with van der Waals surface area (Å²) in [5.41, 5.74) is 0.560. The molecule has 0 saturated carbocycles. The molecule has 0 spiro atoms. The highest BCUT2D eigenvalue weighted by Gasteiger charge is 2.21. The molecule has 0 aliphatic rings. The van der Waals surface area contributed by atoms with E-state index in [9.17, 15) is 10.1 Å². The lowest BCUT2D eigenvalue weighted by Gasteiger charge is -2.12. The molecule has 104 valence electrons. The first kappa shape index (κ1) is 15.1. The fraction of sp³-hybridized carbons (Fsp3) is 0.0769. The van der Waals surface area contributed by atoms with Gasteiger partial charge >= 0.3 is 5.69 Å². The van der Waals surface area contributed by atoms with E-state index in [1.54, 1.807) is 18.2 Å². The van der Waals surface area contributed by atoms with Crippen LogP contribution in [0.4, 0.5) is 5.69 Å². The van der Waals surface area contributed by atoms with Gasteiger partial charge in [0.25, 0.3) is 0 Å². The molecular weight excluding hydrogens is 369 g/mol. The highest BCUT2D eigenvalue weighted by Crippen LogP contribution is 2.41. The summed E-state index contributed by atoms with van der Waals surface area (Å²) < 4.78 is 5.62. The molecular formula is C13H8BrCl2NO3. The number of ether oxygens (including phenoxy) is 1. The largest absolute Gasteiger partial charge is 0.447 e. The number of para-hydroxylation sites is 2. The van der Waals surface area contributed by atoms with Gasteiger partial charge in [-0.2, -0.15) is 0 Å².